The van der Waals surface area contributed by atoms with Crippen molar-refractivity contribution in [2.75, 3.05) is 20.0 Å². The molecule has 30 heavy (non-hydrogen) atoms. The predicted octanol–water partition coefficient (Wildman–Crippen LogP) is 4.26. The maximum absolute atomic E-state index is 12.5. The number of aromatic nitrogens is 2. The van der Waals surface area contributed by atoms with Gasteiger partial charge < -0.3 is 19.5 Å². The number of methoxy groups -OCH3 is 2. The van der Waals surface area contributed by atoms with E-state index < -0.39 is 0 Å². The Morgan fingerprint density at radius 2 is 1.80 bits per heavy atom. The molecule has 3 aromatic rings. The number of carbonyl (C=O) groups excluding carboxylic acids is 1. The standard InChI is InChI=1S/C22H23N3O4S/c1-15(18-13-17(27-2)9-10-19(18)28-3)25-20(26)14-30-22-21(23-11-12-24-22)29-16-7-5-4-6-8-16/h4-13,15H,14H2,1-3H3,(H,25,26)/t15-/m0/s1. The van der Waals surface area contributed by atoms with Gasteiger partial charge in [0, 0.05) is 18.0 Å². The Morgan fingerprint density at radius 3 is 2.53 bits per heavy atom. The lowest BCUT2D eigenvalue weighted by molar-refractivity contribution is -0.119. The van der Waals surface area contributed by atoms with Crippen LogP contribution in [0.4, 0.5) is 0 Å². The number of hydrogen-bond acceptors (Lipinski definition) is 7. The van der Waals surface area contributed by atoms with Crippen molar-refractivity contribution in [3.63, 3.8) is 0 Å². The van der Waals surface area contributed by atoms with E-state index in [0.717, 1.165) is 5.56 Å². The summed E-state index contributed by atoms with van der Waals surface area (Å²) in [6.45, 7) is 1.89. The van der Waals surface area contributed by atoms with Gasteiger partial charge in [0.25, 0.3) is 5.88 Å². The molecule has 0 saturated heterocycles. The minimum atomic E-state index is -0.259. The first-order valence-electron chi connectivity index (χ1n) is 9.28. The lowest BCUT2D eigenvalue weighted by Gasteiger charge is -2.18. The number of nitrogens with zero attached hydrogens (tertiary/aromatic N) is 2. The average molecular weight is 426 g/mol. The molecular formula is C22H23N3O4S. The first-order valence-corrected chi connectivity index (χ1v) is 10.3. The number of benzene rings is 2. The van der Waals surface area contributed by atoms with Crippen LogP contribution < -0.4 is 19.5 Å². The maximum Gasteiger partial charge on any atom is 0.252 e. The van der Waals surface area contributed by atoms with Gasteiger partial charge in [0.1, 0.15) is 17.2 Å². The first-order chi connectivity index (χ1) is 14.6. The summed E-state index contributed by atoms with van der Waals surface area (Å²) in [5.41, 5.74) is 0.836. The second-order valence-electron chi connectivity index (χ2n) is 6.27. The van der Waals surface area contributed by atoms with Gasteiger partial charge >= 0.3 is 0 Å². The number of ether oxygens (including phenoxy) is 3. The first kappa shape index (κ1) is 21.4. The van der Waals surface area contributed by atoms with Gasteiger partial charge in [-0.05, 0) is 37.3 Å². The SMILES string of the molecule is COc1ccc(OC)c([C@H](C)NC(=O)CSc2nccnc2Oc2ccccc2)c1. The maximum atomic E-state index is 12.5. The summed E-state index contributed by atoms with van der Waals surface area (Å²) in [5.74, 6) is 2.42. The zero-order valence-electron chi connectivity index (χ0n) is 17.0. The third-order valence-electron chi connectivity index (χ3n) is 4.21. The Morgan fingerprint density at radius 1 is 1.03 bits per heavy atom. The summed E-state index contributed by atoms with van der Waals surface area (Å²) in [6.07, 6.45) is 3.13. The Balaban J connectivity index is 1.63. The number of hydrogen-bond donors (Lipinski definition) is 1. The van der Waals surface area contributed by atoms with Crippen LogP contribution in [-0.2, 0) is 4.79 Å². The van der Waals surface area contributed by atoms with E-state index in [0.29, 0.717) is 28.2 Å². The largest absolute Gasteiger partial charge is 0.497 e. The fraction of sp³-hybridized carbons (Fsp3) is 0.227. The number of amides is 1. The minimum absolute atomic E-state index is 0.145. The Labute approximate surface area is 179 Å². The summed E-state index contributed by atoms with van der Waals surface area (Å²) in [6, 6.07) is 14.5. The molecule has 1 aromatic heterocycles. The van der Waals surface area contributed by atoms with Crippen molar-refractivity contribution < 1.29 is 19.0 Å². The van der Waals surface area contributed by atoms with E-state index >= 15 is 0 Å². The van der Waals surface area contributed by atoms with Crippen LogP contribution in [0.15, 0.2) is 66.0 Å². The molecule has 0 saturated carbocycles. The van der Waals surface area contributed by atoms with Gasteiger partial charge in [0.2, 0.25) is 5.91 Å². The summed E-state index contributed by atoms with van der Waals surface area (Å²) < 4.78 is 16.5. The Kier molecular flexibility index (Phi) is 7.51. The van der Waals surface area contributed by atoms with E-state index in [-0.39, 0.29) is 17.7 Å². The molecule has 0 bridgehead atoms. The van der Waals surface area contributed by atoms with E-state index in [1.807, 2.05) is 55.5 Å². The molecule has 0 unspecified atom stereocenters. The smallest absolute Gasteiger partial charge is 0.252 e. The number of carbonyl (C=O) groups is 1. The molecule has 1 heterocycles. The van der Waals surface area contributed by atoms with Crippen LogP contribution in [0.2, 0.25) is 0 Å². The van der Waals surface area contributed by atoms with Gasteiger partial charge in [-0.1, -0.05) is 30.0 Å². The van der Waals surface area contributed by atoms with Crippen molar-refractivity contribution in [2.24, 2.45) is 0 Å². The van der Waals surface area contributed by atoms with Crippen LogP contribution >= 0.6 is 11.8 Å². The number of thioether (sulfide) groups is 1. The van der Waals surface area contributed by atoms with Crippen LogP contribution in [-0.4, -0.2) is 35.8 Å². The molecular weight excluding hydrogens is 402 g/mol. The average Bonchev–Trinajstić information content (AvgIpc) is 2.78. The summed E-state index contributed by atoms with van der Waals surface area (Å²) in [7, 11) is 3.19. The van der Waals surface area contributed by atoms with Crippen molar-refractivity contribution in [3.05, 3.63) is 66.5 Å². The van der Waals surface area contributed by atoms with Crippen LogP contribution in [0.1, 0.15) is 18.5 Å². The highest BCUT2D eigenvalue weighted by molar-refractivity contribution is 8.00. The van der Waals surface area contributed by atoms with E-state index in [1.165, 1.54) is 11.8 Å². The van der Waals surface area contributed by atoms with Gasteiger partial charge in [-0.2, -0.15) is 0 Å². The highest BCUT2D eigenvalue weighted by Gasteiger charge is 2.17. The quantitative estimate of drug-likeness (QED) is 0.513. The molecule has 1 N–H and O–H groups in total. The molecule has 0 aliphatic rings. The van der Waals surface area contributed by atoms with E-state index in [9.17, 15) is 4.79 Å². The van der Waals surface area contributed by atoms with Crippen molar-refractivity contribution >= 4 is 17.7 Å². The van der Waals surface area contributed by atoms with Crippen LogP contribution in [0.25, 0.3) is 0 Å². The summed E-state index contributed by atoms with van der Waals surface area (Å²) in [4.78, 5) is 21.1. The third-order valence-corrected chi connectivity index (χ3v) is 5.17. The zero-order valence-corrected chi connectivity index (χ0v) is 17.8. The Bertz CT molecular complexity index is 985. The van der Waals surface area contributed by atoms with E-state index in [1.54, 1.807) is 26.6 Å². The predicted molar refractivity (Wildman–Crippen MR) is 115 cm³/mol. The fourth-order valence-electron chi connectivity index (χ4n) is 2.75. The molecule has 0 fully saturated rings. The summed E-state index contributed by atoms with van der Waals surface area (Å²) >= 11 is 1.26. The number of rotatable bonds is 9. The van der Waals surface area contributed by atoms with Gasteiger partial charge in [-0.15, -0.1) is 0 Å². The molecule has 0 aliphatic carbocycles. The third kappa shape index (κ3) is 5.64. The normalized spacial score (nSPS) is 11.4. The lowest BCUT2D eigenvalue weighted by Crippen LogP contribution is -2.28. The second-order valence-corrected chi connectivity index (χ2v) is 7.23. The monoisotopic (exact) mass is 425 g/mol. The summed E-state index contributed by atoms with van der Waals surface area (Å²) in [5, 5.41) is 3.52. The topological polar surface area (TPSA) is 82.6 Å². The molecule has 1 atom stereocenters. The highest BCUT2D eigenvalue weighted by atomic mass is 32.2. The van der Waals surface area contributed by atoms with Gasteiger partial charge in [0.15, 0.2) is 5.03 Å². The molecule has 7 nitrogen and oxygen atoms in total. The minimum Gasteiger partial charge on any atom is -0.497 e. The molecule has 3 rings (SSSR count). The molecule has 0 aliphatic heterocycles. The van der Waals surface area contributed by atoms with Crippen molar-refractivity contribution in [1.82, 2.24) is 15.3 Å². The highest BCUT2D eigenvalue weighted by Crippen LogP contribution is 2.30. The molecule has 1 amide bonds. The molecule has 8 heteroatoms. The van der Waals surface area contributed by atoms with E-state index in [4.69, 9.17) is 14.2 Å². The fourth-order valence-corrected chi connectivity index (χ4v) is 3.46. The van der Waals surface area contributed by atoms with Gasteiger partial charge in [0.05, 0.1) is 26.0 Å². The van der Waals surface area contributed by atoms with Crippen LogP contribution in [0.5, 0.6) is 23.1 Å². The molecule has 0 radical (unpaired) electrons. The van der Waals surface area contributed by atoms with Crippen LogP contribution in [0.3, 0.4) is 0 Å². The molecule has 2 aromatic carbocycles. The molecule has 0 spiro atoms. The van der Waals surface area contributed by atoms with Gasteiger partial charge in [-0.25, -0.2) is 9.97 Å². The lowest BCUT2D eigenvalue weighted by atomic mass is 10.1. The zero-order chi connectivity index (χ0) is 21.3. The molecule has 156 valence electrons. The Hall–Kier alpha value is -3.26. The van der Waals surface area contributed by atoms with Crippen molar-refractivity contribution in [3.8, 4) is 23.1 Å². The number of para-hydroxylation sites is 1. The second kappa shape index (κ2) is 10.5. The van der Waals surface area contributed by atoms with Gasteiger partial charge in [-0.3, -0.25) is 4.79 Å². The number of nitrogens with one attached hydrogen (secondary N) is 1. The van der Waals surface area contributed by atoms with Crippen LogP contribution in [0, 0.1) is 0 Å². The van der Waals surface area contributed by atoms with Crippen molar-refractivity contribution in [1.29, 1.82) is 0 Å². The van der Waals surface area contributed by atoms with Crippen molar-refractivity contribution in [2.45, 2.75) is 18.0 Å². The van der Waals surface area contributed by atoms with E-state index in [2.05, 4.69) is 15.3 Å².